The van der Waals surface area contributed by atoms with Crippen molar-refractivity contribution in [2.24, 2.45) is 11.8 Å². The maximum atomic E-state index is 14.0. The van der Waals surface area contributed by atoms with Gasteiger partial charge in [0.05, 0.1) is 5.57 Å². The first kappa shape index (κ1) is 19.4. The highest BCUT2D eigenvalue weighted by molar-refractivity contribution is 6.28. The highest BCUT2D eigenvalue weighted by Crippen LogP contribution is 2.46. The van der Waals surface area contributed by atoms with Gasteiger partial charge in [0.15, 0.2) is 0 Å². The molecule has 3 aliphatic rings. The van der Waals surface area contributed by atoms with Crippen molar-refractivity contribution in [1.29, 1.82) is 0 Å². The Labute approximate surface area is 180 Å². The number of hydrogen-bond donors (Lipinski definition) is 0. The van der Waals surface area contributed by atoms with Crippen LogP contribution in [0.3, 0.4) is 0 Å². The van der Waals surface area contributed by atoms with Crippen molar-refractivity contribution in [3.8, 4) is 0 Å². The van der Waals surface area contributed by atoms with Crippen LogP contribution in [0, 0.1) is 11.8 Å². The summed E-state index contributed by atoms with van der Waals surface area (Å²) in [4.78, 5) is 16.1. The minimum absolute atomic E-state index is 0.207. The fraction of sp³-hybridized carbons (Fsp3) is 0.393. The van der Waals surface area contributed by atoms with Crippen LogP contribution in [0.4, 0.5) is 0 Å². The van der Waals surface area contributed by atoms with E-state index in [4.69, 9.17) is 0 Å². The molecular formula is C28H31NO. The van der Waals surface area contributed by atoms with Crippen molar-refractivity contribution in [2.45, 2.75) is 44.9 Å². The van der Waals surface area contributed by atoms with Crippen LogP contribution in [0.25, 0.3) is 11.1 Å². The van der Waals surface area contributed by atoms with Gasteiger partial charge in [-0.3, -0.25) is 4.79 Å². The molecule has 2 nitrogen and oxygen atoms in total. The van der Waals surface area contributed by atoms with Crippen molar-refractivity contribution in [2.75, 3.05) is 13.1 Å². The zero-order valence-electron chi connectivity index (χ0n) is 17.7. The number of carbonyl (C=O) groups excluding carboxylic acids is 1. The van der Waals surface area contributed by atoms with Crippen LogP contribution in [-0.4, -0.2) is 23.9 Å². The van der Waals surface area contributed by atoms with Gasteiger partial charge in [-0.1, -0.05) is 66.7 Å². The number of fused-ring (bicyclic) bond motifs is 2. The monoisotopic (exact) mass is 397 g/mol. The van der Waals surface area contributed by atoms with Crippen molar-refractivity contribution >= 4 is 17.1 Å². The lowest BCUT2D eigenvalue weighted by molar-refractivity contribution is -0.125. The highest BCUT2D eigenvalue weighted by atomic mass is 16.2. The Hall–Kier alpha value is -2.61. The molecule has 1 saturated heterocycles. The molecule has 1 heterocycles. The lowest BCUT2D eigenvalue weighted by atomic mass is 9.80. The molecule has 2 aromatic rings. The van der Waals surface area contributed by atoms with E-state index >= 15 is 0 Å². The van der Waals surface area contributed by atoms with Gasteiger partial charge in [0.25, 0.3) is 5.91 Å². The summed E-state index contributed by atoms with van der Waals surface area (Å²) < 4.78 is 0. The van der Waals surface area contributed by atoms with E-state index in [2.05, 4.69) is 65.6 Å². The molecule has 1 saturated carbocycles. The van der Waals surface area contributed by atoms with Gasteiger partial charge in [-0.25, -0.2) is 0 Å². The van der Waals surface area contributed by atoms with Crippen LogP contribution in [-0.2, 0) is 4.79 Å². The van der Waals surface area contributed by atoms with Gasteiger partial charge < -0.3 is 4.90 Å². The van der Waals surface area contributed by atoms with E-state index in [0.717, 1.165) is 49.4 Å². The molecule has 5 rings (SSSR count). The largest absolute Gasteiger partial charge is 0.339 e. The van der Waals surface area contributed by atoms with E-state index in [0.29, 0.717) is 5.92 Å². The number of benzene rings is 2. The smallest absolute Gasteiger partial charge is 0.255 e. The maximum Gasteiger partial charge on any atom is 0.255 e. The van der Waals surface area contributed by atoms with E-state index in [9.17, 15) is 4.79 Å². The normalized spacial score (nSPS) is 24.3. The average Bonchev–Trinajstić information content (AvgIpc) is 3.16. The quantitative estimate of drug-likeness (QED) is 0.434. The molecule has 2 heteroatoms. The topological polar surface area (TPSA) is 20.3 Å². The number of nitrogens with zero attached hydrogens (tertiary/aromatic N) is 1. The number of rotatable bonds is 4. The third-order valence-corrected chi connectivity index (χ3v) is 7.08. The fourth-order valence-electron chi connectivity index (χ4n) is 5.63. The molecule has 0 N–H and O–H groups in total. The molecule has 0 spiro atoms. The zero-order chi connectivity index (χ0) is 20.3. The molecule has 2 bridgehead atoms. The van der Waals surface area contributed by atoms with Gasteiger partial charge in [-0.2, -0.15) is 0 Å². The Kier molecular flexibility index (Phi) is 5.57. The fourth-order valence-corrected chi connectivity index (χ4v) is 5.63. The number of carbonyl (C=O) groups is 1. The Morgan fingerprint density at radius 3 is 2.13 bits per heavy atom. The van der Waals surface area contributed by atoms with Gasteiger partial charge in [-0.05, 0) is 79.1 Å². The summed E-state index contributed by atoms with van der Waals surface area (Å²) in [6.45, 7) is 1.75. The zero-order valence-corrected chi connectivity index (χ0v) is 17.7. The van der Waals surface area contributed by atoms with Crippen LogP contribution < -0.4 is 0 Å². The molecule has 2 unspecified atom stereocenters. The Morgan fingerprint density at radius 1 is 0.800 bits per heavy atom. The predicted octanol–water partition coefficient (Wildman–Crippen LogP) is 6.36. The van der Waals surface area contributed by atoms with Gasteiger partial charge in [-0.15, -0.1) is 0 Å². The van der Waals surface area contributed by atoms with Gasteiger partial charge >= 0.3 is 0 Å². The summed E-state index contributed by atoms with van der Waals surface area (Å²) in [5.41, 5.74) is 5.69. The van der Waals surface area contributed by atoms with E-state index in [1.54, 1.807) is 0 Å². The van der Waals surface area contributed by atoms with Crippen LogP contribution in [0.15, 0.2) is 72.3 Å². The second-order valence-electron chi connectivity index (χ2n) is 9.17. The second-order valence-corrected chi connectivity index (χ2v) is 9.17. The predicted molar refractivity (Wildman–Crippen MR) is 124 cm³/mol. The van der Waals surface area contributed by atoms with Crippen LogP contribution >= 0.6 is 0 Å². The van der Waals surface area contributed by atoms with Crippen LogP contribution in [0.2, 0.25) is 0 Å². The summed E-state index contributed by atoms with van der Waals surface area (Å²) in [7, 11) is 0. The summed E-state index contributed by atoms with van der Waals surface area (Å²) >= 11 is 0. The lowest BCUT2D eigenvalue weighted by Gasteiger charge is -2.30. The summed E-state index contributed by atoms with van der Waals surface area (Å²) in [6.07, 6.45) is 11.0. The van der Waals surface area contributed by atoms with E-state index in [1.807, 2.05) is 6.07 Å². The van der Waals surface area contributed by atoms with Crippen LogP contribution in [0.1, 0.15) is 56.1 Å². The maximum absolute atomic E-state index is 14.0. The van der Waals surface area contributed by atoms with E-state index < -0.39 is 0 Å². The van der Waals surface area contributed by atoms with Crippen molar-refractivity contribution < 1.29 is 4.79 Å². The van der Waals surface area contributed by atoms with Crippen molar-refractivity contribution in [3.05, 3.63) is 83.4 Å². The Balaban J connectivity index is 1.71. The van der Waals surface area contributed by atoms with E-state index in [-0.39, 0.29) is 5.91 Å². The lowest BCUT2D eigenvalue weighted by Crippen LogP contribution is -2.36. The molecule has 2 aliphatic carbocycles. The SMILES string of the molecule is O=C(/C(=C(\C1=CC2CCC(C1)C2)c1ccccc1)c1ccccc1)N1CCCCC1. The molecule has 1 amide bonds. The molecule has 2 aromatic carbocycles. The third-order valence-electron chi connectivity index (χ3n) is 7.08. The molecule has 0 aromatic heterocycles. The molecule has 154 valence electrons. The summed E-state index contributed by atoms with van der Waals surface area (Å²) in [5, 5.41) is 0. The summed E-state index contributed by atoms with van der Waals surface area (Å²) in [5.74, 6) is 1.66. The standard InChI is InChI=1S/C28H31NO/c30-28(29-16-8-3-9-17-29)27(24-12-6-2-7-13-24)26(23-10-4-1-5-11-23)25-19-21-14-15-22(18-21)20-25/h1-2,4-7,10-13,19,21-22H,3,8-9,14-18,20H2/b27-26-. The molecule has 1 aliphatic heterocycles. The Morgan fingerprint density at radius 2 is 1.47 bits per heavy atom. The number of amides is 1. The number of allylic oxidation sites excluding steroid dienone is 3. The second kappa shape index (κ2) is 8.63. The highest BCUT2D eigenvalue weighted by Gasteiger charge is 2.33. The van der Waals surface area contributed by atoms with Gasteiger partial charge in [0.1, 0.15) is 0 Å². The molecule has 2 atom stereocenters. The number of hydrogen-bond acceptors (Lipinski definition) is 1. The Bertz CT molecular complexity index is 951. The number of likely N-dealkylation sites (tertiary alicyclic amines) is 1. The number of piperidine rings is 1. The van der Waals surface area contributed by atoms with Crippen molar-refractivity contribution in [1.82, 2.24) is 4.90 Å². The minimum Gasteiger partial charge on any atom is -0.339 e. The first-order valence-corrected chi connectivity index (χ1v) is 11.6. The minimum atomic E-state index is 0.207. The van der Waals surface area contributed by atoms with Gasteiger partial charge in [0, 0.05) is 13.1 Å². The molecular weight excluding hydrogens is 366 g/mol. The molecule has 0 radical (unpaired) electrons. The van der Waals surface area contributed by atoms with Crippen molar-refractivity contribution in [3.63, 3.8) is 0 Å². The molecule has 2 fully saturated rings. The van der Waals surface area contributed by atoms with E-state index in [1.165, 1.54) is 42.4 Å². The van der Waals surface area contributed by atoms with Gasteiger partial charge in [0.2, 0.25) is 0 Å². The first-order chi connectivity index (χ1) is 14.8. The third kappa shape index (κ3) is 3.88. The summed E-state index contributed by atoms with van der Waals surface area (Å²) in [6, 6.07) is 21.0. The average molecular weight is 398 g/mol. The van der Waals surface area contributed by atoms with Crippen LogP contribution in [0.5, 0.6) is 0 Å². The molecule has 30 heavy (non-hydrogen) atoms. The first-order valence-electron chi connectivity index (χ1n) is 11.6.